The fourth-order valence-corrected chi connectivity index (χ4v) is 3.03. The summed E-state index contributed by atoms with van der Waals surface area (Å²) in [5.74, 6) is -1.38. The SMILES string of the molecule is C=C=C(C=CC(=CC)C(=O)NC(C)(C)CC(C)(C)C)OC(=O)On1c(O)ccc1O. The number of carbonyl (C=O) groups is 2. The molecular weight excluding hydrogens is 388 g/mol. The zero-order valence-corrected chi connectivity index (χ0v) is 18.3. The van der Waals surface area contributed by atoms with Crippen molar-refractivity contribution in [2.75, 3.05) is 0 Å². The number of ether oxygens (including phenoxy) is 1. The number of aromatic nitrogens is 1. The third kappa shape index (κ3) is 7.93. The van der Waals surface area contributed by atoms with Crippen molar-refractivity contribution in [2.24, 2.45) is 5.41 Å². The van der Waals surface area contributed by atoms with Crippen LogP contribution >= 0.6 is 0 Å². The zero-order chi connectivity index (χ0) is 23.1. The van der Waals surface area contributed by atoms with E-state index in [1.54, 1.807) is 13.0 Å². The first-order valence-corrected chi connectivity index (χ1v) is 9.35. The monoisotopic (exact) mass is 418 g/mol. The van der Waals surface area contributed by atoms with E-state index in [-0.39, 0.29) is 17.1 Å². The van der Waals surface area contributed by atoms with Crippen molar-refractivity contribution in [2.45, 2.75) is 53.5 Å². The van der Waals surface area contributed by atoms with Gasteiger partial charge in [0.2, 0.25) is 11.8 Å². The summed E-state index contributed by atoms with van der Waals surface area (Å²) in [4.78, 5) is 29.1. The number of nitrogens with one attached hydrogen (secondary N) is 1. The zero-order valence-electron chi connectivity index (χ0n) is 18.3. The van der Waals surface area contributed by atoms with Crippen LogP contribution in [0, 0.1) is 5.41 Å². The Morgan fingerprint density at radius 2 is 1.73 bits per heavy atom. The summed E-state index contributed by atoms with van der Waals surface area (Å²) in [6, 6.07) is 2.26. The molecule has 8 nitrogen and oxygen atoms in total. The predicted molar refractivity (Wildman–Crippen MR) is 113 cm³/mol. The van der Waals surface area contributed by atoms with E-state index in [0.29, 0.717) is 10.3 Å². The van der Waals surface area contributed by atoms with Gasteiger partial charge in [-0.1, -0.05) is 39.2 Å². The van der Waals surface area contributed by atoms with Gasteiger partial charge in [0.1, 0.15) is 0 Å². The van der Waals surface area contributed by atoms with Crippen molar-refractivity contribution >= 4 is 12.1 Å². The van der Waals surface area contributed by atoms with Crippen LogP contribution in [0.3, 0.4) is 0 Å². The number of aromatic hydroxyl groups is 2. The topological polar surface area (TPSA) is 110 Å². The molecule has 0 unspecified atom stereocenters. The molecule has 0 radical (unpaired) electrons. The van der Waals surface area contributed by atoms with Gasteiger partial charge in [0, 0.05) is 23.2 Å². The second kappa shape index (κ2) is 9.89. The standard InChI is InChI=1S/C22H30N2O6/c1-8-15(19(27)23-22(6,7)14-21(3,4)5)10-11-16(9-2)29-20(28)30-24-17(25)12-13-18(24)26/h8,10-13,25-26H,2,14H2,1,3-7H3,(H,23,27). The summed E-state index contributed by atoms with van der Waals surface area (Å²) in [6.07, 6.45) is 3.93. The molecule has 1 aromatic rings. The Labute approximate surface area is 176 Å². The lowest BCUT2D eigenvalue weighted by Crippen LogP contribution is -2.46. The molecule has 0 saturated heterocycles. The van der Waals surface area contributed by atoms with Gasteiger partial charge in [0.15, 0.2) is 5.76 Å². The maximum atomic E-state index is 12.6. The van der Waals surface area contributed by atoms with Crippen LogP contribution < -0.4 is 10.2 Å². The molecular formula is C22H30N2O6. The quantitative estimate of drug-likeness (QED) is 0.203. The Balaban J connectivity index is 2.79. The molecule has 3 N–H and O–H groups in total. The summed E-state index contributed by atoms with van der Waals surface area (Å²) < 4.78 is 5.40. The van der Waals surface area contributed by atoms with Gasteiger partial charge < -0.3 is 20.3 Å². The highest BCUT2D eigenvalue weighted by Crippen LogP contribution is 2.27. The molecule has 0 aliphatic heterocycles. The molecule has 164 valence electrons. The fourth-order valence-electron chi connectivity index (χ4n) is 3.03. The van der Waals surface area contributed by atoms with Gasteiger partial charge in [-0.3, -0.25) is 9.63 Å². The van der Waals surface area contributed by atoms with Crippen molar-refractivity contribution in [3.63, 3.8) is 0 Å². The van der Waals surface area contributed by atoms with Crippen LogP contribution in [0.25, 0.3) is 0 Å². The first-order chi connectivity index (χ1) is 13.8. The van der Waals surface area contributed by atoms with Crippen molar-refractivity contribution in [3.8, 4) is 11.8 Å². The van der Waals surface area contributed by atoms with Crippen LogP contribution in [0.1, 0.15) is 48.0 Å². The van der Waals surface area contributed by atoms with Crippen LogP contribution in [0.4, 0.5) is 4.79 Å². The summed E-state index contributed by atoms with van der Waals surface area (Å²) >= 11 is 0. The second-order valence-electron chi connectivity index (χ2n) is 8.48. The van der Waals surface area contributed by atoms with E-state index >= 15 is 0 Å². The normalized spacial score (nSPS) is 12.4. The third-order valence-corrected chi connectivity index (χ3v) is 3.74. The molecule has 1 heterocycles. The Morgan fingerprint density at radius 3 is 2.20 bits per heavy atom. The van der Waals surface area contributed by atoms with Gasteiger partial charge >= 0.3 is 6.16 Å². The molecule has 1 aromatic heterocycles. The van der Waals surface area contributed by atoms with Gasteiger partial charge in [-0.25, -0.2) is 4.79 Å². The minimum Gasteiger partial charge on any atom is -0.492 e. The molecule has 0 aliphatic rings. The smallest absolute Gasteiger partial charge is 0.492 e. The maximum absolute atomic E-state index is 12.6. The van der Waals surface area contributed by atoms with Gasteiger partial charge in [-0.2, -0.15) is 0 Å². The van der Waals surface area contributed by atoms with Crippen molar-refractivity contribution < 1.29 is 29.4 Å². The number of rotatable bonds is 7. The predicted octanol–water partition coefficient (Wildman–Crippen LogP) is 3.97. The third-order valence-electron chi connectivity index (χ3n) is 3.74. The van der Waals surface area contributed by atoms with Crippen molar-refractivity contribution in [1.82, 2.24) is 10.0 Å². The molecule has 8 heteroatoms. The number of hydrogen-bond acceptors (Lipinski definition) is 6. The molecule has 0 spiro atoms. The molecule has 1 rings (SSSR count). The van der Waals surface area contributed by atoms with E-state index in [0.717, 1.165) is 18.6 Å². The Hall–Kier alpha value is -3.38. The van der Waals surface area contributed by atoms with Crippen molar-refractivity contribution in [3.05, 3.63) is 54.0 Å². The summed E-state index contributed by atoms with van der Waals surface area (Å²) in [7, 11) is 0. The highest BCUT2D eigenvalue weighted by atomic mass is 16.8. The second-order valence-corrected chi connectivity index (χ2v) is 8.48. The van der Waals surface area contributed by atoms with Crippen LogP contribution in [0.2, 0.25) is 0 Å². The van der Waals surface area contributed by atoms with Gasteiger partial charge in [0.25, 0.3) is 5.91 Å². The van der Waals surface area contributed by atoms with E-state index in [2.05, 4.69) is 43.2 Å². The highest BCUT2D eigenvalue weighted by Gasteiger charge is 2.27. The minimum absolute atomic E-state index is 0.0399. The molecule has 0 atom stereocenters. The molecule has 1 amide bonds. The molecule has 30 heavy (non-hydrogen) atoms. The number of hydrogen-bond donors (Lipinski definition) is 3. The molecule has 0 aromatic carbocycles. The Morgan fingerprint density at radius 1 is 1.17 bits per heavy atom. The lowest BCUT2D eigenvalue weighted by atomic mass is 9.81. The van der Waals surface area contributed by atoms with Gasteiger partial charge in [0.05, 0.1) is 0 Å². The molecule has 0 aliphatic carbocycles. The number of carbonyl (C=O) groups excluding carboxylic acids is 2. The minimum atomic E-state index is -1.25. The van der Waals surface area contributed by atoms with E-state index in [4.69, 9.17) is 4.74 Å². The first kappa shape index (κ1) is 24.7. The van der Waals surface area contributed by atoms with Crippen LogP contribution in [0.5, 0.6) is 11.8 Å². The lowest BCUT2D eigenvalue weighted by molar-refractivity contribution is -0.119. The van der Waals surface area contributed by atoms with Crippen molar-refractivity contribution in [1.29, 1.82) is 0 Å². The van der Waals surface area contributed by atoms with Crippen LogP contribution in [-0.2, 0) is 9.53 Å². The van der Waals surface area contributed by atoms with E-state index in [1.807, 2.05) is 13.8 Å². The summed E-state index contributed by atoms with van der Waals surface area (Å²) in [6.45, 7) is 15.3. The van der Waals surface area contributed by atoms with E-state index in [1.165, 1.54) is 12.2 Å². The lowest BCUT2D eigenvalue weighted by Gasteiger charge is -2.33. The Kier molecular flexibility index (Phi) is 8.13. The highest BCUT2D eigenvalue weighted by molar-refractivity contribution is 5.96. The average Bonchev–Trinajstić information content (AvgIpc) is 2.90. The van der Waals surface area contributed by atoms with E-state index < -0.39 is 23.5 Å². The fraction of sp³-hybridized carbons (Fsp3) is 0.409. The van der Waals surface area contributed by atoms with Gasteiger partial charge in [-0.05, 0) is 44.8 Å². The molecule has 0 bridgehead atoms. The largest absolute Gasteiger partial charge is 0.540 e. The number of amides is 1. The molecule has 0 fully saturated rings. The van der Waals surface area contributed by atoms with Crippen LogP contribution in [-0.4, -0.2) is 32.5 Å². The summed E-state index contributed by atoms with van der Waals surface area (Å²) in [5.41, 5.74) is 2.37. The summed E-state index contributed by atoms with van der Waals surface area (Å²) in [5, 5.41) is 21.9. The average molecular weight is 418 g/mol. The van der Waals surface area contributed by atoms with E-state index in [9.17, 15) is 19.8 Å². The Bertz CT molecular complexity index is 874. The number of allylic oxidation sites excluding steroid dienone is 2. The van der Waals surface area contributed by atoms with Gasteiger partial charge in [-0.15, -0.1) is 4.73 Å². The van der Waals surface area contributed by atoms with Crippen LogP contribution in [0.15, 0.2) is 54.0 Å². The maximum Gasteiger partial charge on any atom is 0.540 e. The first-order valence-electron chi connectivity index (χ1n) is 9.35. The molecule has 0 saturated carbocycles. The number of nitrogens with zero attached hydrogens (tertiary/aromatic N) is 1.